The van der Waals surface area contributed by atoms with Gasteiger partial charge >= 0.3 is 0 Å². The lowest BCUT2D eigenvalue weighted by Gasteiger charge is -2.32. The molecule has 0 aliphatic carbocycles. The van der Waals surface area contributed by atoms with E-state index in [9.17, 15) is 14.9 Å². The van der Waals surface area contributed by atoms with Crippen molar-refractivity contribution in [1.29, 1.82) is 0 Å². The van der Waals surface area contributed by atoms with E-state index >= 15 is 0 Å². The van der Waals surface area contributed by atoms with Gasteiger partial charge < -0.3 is 5.32 Å². The highest BCUT2D eigenvalue weighted by molar-refractivity contribution is 6.36. The Morgan fingerprint density at radius 3 is 2.57 bits per heavy atom. The molecule has 1 N–H and O–H groups in total. The van der Waals surface area contributed by atoms with E-state index in [1.165, 1.54) is 18.2 Å². The topological polar surface area (TPSA) is 75.5 Å². The van der Waals surface area contributed by atoms with Crippen molar-refractivity contribution in [2.24, 2.45) is 5.92 Å². The Morgan fingerprint density at radius 2 is 1.89 bits per heavy atom. The van der Waals surface area contributed by atoms with Crippen molar-refractivity contribution < 1.29 is 9.72 Å². The lowest BCUT2D eigenvalue weighted by molar-refractivity contribution is -0.384. The molecule has 9 heteroatoms. The molecule has 1 saturated heterocycles. The van der Waals surface area contributed by atoms with Gasteiger partial charge in [0.05, 0.1) is 21.6 Å². The van der Waals surface area contributed by atoms with Crippen molar-refractivity contribution in [3.8, 4) is 0 Å². The molecule has 148 valence electrons. The SMILES string of the molecule is O=C(Nc1cc([N+](=O)[O-])ccc1Cl)C1CCCN(Cc2c(Cl)cccc2Cl)C1. The van der Waals surface area contributed by atoms with Crippen molar-refractivity contribution in [2.75, 3.05) is 18.4 Å². The largest absolute Gasteiger partial charge is 0.324 e. The van der Waals surface area contributed by atoms with Gasteiger partial charge in [-0.2, -0.15) is 0 Å². The van der Waals surface area contributed by atoms with Crippen LogP contribution in [0.5, 0.6) is 0 Å². The quantitative estimate of drug-likeness (QED) is 0.496. The highest BCUT2D eigenvalue weighted by atomic mass is 35.5. The smallest absolute Gasteiger partial charge is 0.271 e. The number of nitrogens with one attached hydrogen (secondary N) is 1. The van der Waals surface area contributed by atoms with Crippen LogP contribution in [0.15, 0.2) is 36.4 Å². The van der Waals surface area contributed by atoms with E-state index in [1.54, 1.807) is 18.2 Å². The number of piperidine rings is 1. The maximum atomic E-state index is 12.7. The maximum absolute atomic E-state index is 12.7. The second kappa shape index (κ2) is 9.09. The van der Waals surface area contributed by atoms with E-state index in [1.807, 2.05) is 0 Å². The molecule has 0 aromatic heterocycles. The monoisotopic (exact) mass is 441 g/mol. The summed E-state index contributed by atoms with van der Waals surface area (Å²) in [6, 6.07) is 9.35. The van der Waals surface area contributed by atoms with Gasteiger partial charge in [-0.3, -0.25) is 19.8 Å². The van der Waals surface area contributed by atoms with Crippen LogP contribution < -0.4 is 5.32 Å². The van der Waals surface area contributed by atoms with Crippen LogP contribution in [0, 0.1) is 16.0 Å². The summed E-state index contributed by atoms with van der Waals surface area (Å²) < 4.78 is 0. The summed E-state index contributed by atoms with van der Waals surface area (Å²) in [5, 5.41) is 15.1. The van der Waals surface area contributed by atoms with Crippen molar-refractivity contribution in [1.82, 2.24) is 4.90 Å². The van der Waals surface area contributed by atoms with E-state index in [0.717, 1.165) is 24.9 Å². The van der Waals surface area contributed by atoms with E-state index in [-0.39, 0.29) is 28.2 Å². The van der Waals surface area contributed by atoms with Crippen molar-refractivity contribution in [3.63, 3.8) is 0 Å². The second-order valence-corrected chi connectivity index (χ2v) is 7.91. The van der Waals surface area contributed by atoms with Gasteiger partial charge in [-0.1, -0.05) is 40.9 Å². The minimum atomic E-state index is -0.526. The summed E-state index contributed by atoms with van der Waals surface area (Å²) in [5.74, 6) is -0.470. The fourth-order valence-corrected chi connectivity index (χ4v) is 3.96. The molecular formula is C19H18Cl3N3O3. The van der Waals surface area contributed by atoms with Gasteiger partial charge in [-0.15, -0.1) is 0 Å². The number of hydrogen-bond donors (Lipinski definition) is 1. The zero-order chi connectivity index (χ0) is 20.3. The number of likely N-dealkylation sites (tertiary alicyclic amines) is 1. The summed E-state index contributed by atoms with van der Waals surface area (Å²) in [4.78, 5) is 25.3. The molecule has 1 amide bonds. The van der Waals surface area contributed by atoms with E-state index < -0.39 is 4.92 Å². The van der Waals surface area contributed by atoms with Crippen molar-refractivity contribution in [3.05, 3.63) is 67.1 Å². The number of anilines is 1. The second-order valence-electron chi connectivity index (χ2n) is 6.68. The molecule has 2 aromatic carbocycles. The van der Waals surface area contributed by atoms with Gasteiger partial charge in [0, 0.05) is 40.8 Å². The molecule has 3 rings (SSSR count). The van der Waals surface area contributed by atoms with Gasteiger partial charge in [0.25, 0.3) is 5.69 Å². The molecule has 28 heavy (non-hydrogen) atoms. The Balaban J connectivity index is 1.68. The third-order valence-corrected chi connectivity index (χ3v) is 5.78. The van der Waals surface area contributed by atoms with Crippen LogP contribution >= 0.6 is 34.8 Å². The number of hydrogen-bond acceptors (Lipinski definition) is 4. The standard InChI is InChI=1S/C19H18Cl3N3O3/c20-15-4-1-5-16(21)14(15)11-24-8-2-3-12(10-24)19(26)23-18-9-13(25(27)28)6-7-17(18)22/h1,4-7,9,12H,2-3,8,10-11H2,(H,23,26). The Bertz CT molecular complexity index is 887. The van der Waals surface area contributed by atoms with Gasteiger partial charge in [-0.05, 0) is 37.6 Å². The zero-order valence-electron chi connectivity index (χ0n) is 14.8. The predicted octanol–water partition coefficient (Wildman–Crippen LogP) is 5.41. The lowest BCUT2D eigenvalue weighted by atomic mass is 9.96. The van der Waals surface area contributed by atoms with E-state index in [2.05, 4.69) is 10.2 Å². The van der Waals surface area contributed by atoms with Crippen molar-refractivity contribution >= 4 is 52.1 Å². The van der Waals surface area contributed by atoms with Crippen LogP contribution in [-0.2, 0) is 11.3 Å². The molecule has 1 aliphatic rings. The fourth-order valence-electron chi connectivity index (χ4n) is 3.28. The first kappa shape index (κ1) is 20.9. The lowest BCUT2D eigenvalue weighted by Crippen LogP contribution is -2.40. The first-order valence-corrected chi connectivity index (χ1v) is 9.88. The molecule has 1 unspecified atom stereocenters. The Labute approximate surface area is 177 Å². The molecular weight excluding hydrogens is 425 g/mol. The predicted molar refractivity (Wildman–Crippen MR) is 111 cm³/mol. The van der Waals surface area contributed by atoms with Crippen LogP contribution in [0.25, 0.3) is 0 Å². The van der Waals surface area contributed by atoms with Crippen LogP contribution in [-0.4, -0.2) is 28.8 Å². The number of nitro benzene ring substituents is 1. The molecule has 0 saturated carbocycles. The number of non-ortho nitro benzene ring substituents is 1. The van der Waals surface area contributed by atoms with Gasteiger partial charge in [0.1, 0.15) is 0 Å². The number of nitro groups is 1. The number of benzene rings is 2. The first-order chi connectivity index (χ1) is 13.3. The van der Waals surface area contributed by atoms with Crippen molar-refractivity contribution in [2.45, 2.75) is 19.4 Å². The molecule has 1 aliphatic heterocycles. The summed E-state index contributed by atoms with van der Waals surface area (Å²) >= 11 is 18.6. The third kappa shape index (κ3) is 4.94. The fraction of sp³-hybridized carbons (Fsp3) is 0.316. The zero-order valence-corrected chi connectivity index (χ0v) is 17.1. The minimum absolute atomic E-state index is 0.127. The molecule has 2 aromatic rings. The number of halogens is 3. The summed E-state index contributed by atoms with van der Waals surface area (Å²) in [5.41, 5.74) is 0.957. The molecule has 1 fully saturated rings. The molecule has 0 bridgehead atoms. The van der Waals surface area contributed by atoms with Gasteiger partial charge in [-0.25, -0.2) is 0 Å². The normalized spacial score (nSPS) is 17.3. The van der Waals surface area contributed by atoms with E-state index in [4.69, 9.17) is 34.8 Å². The highest BCUT2D eigenvalue weighted by Crippen LogP contribution is 2.30. The third-order valence-electron chi connectivity index (χ3n) is 4.74. The Hall–Kier alpha value is -1.86. The molecule has 1 atom stereocenters. The maximum Gasteiger partial charge on any atom is 0.271 e. The number of carbonyl (C=O) groups is 1. The molecule has 6 nitrogen and oxygen atoms in total. The average molecular weight is 443 g/mol. The van der Waals surface area contributed by atoms with Crippen LogP contribution in [0.1, 0.15) is 18.4 Å². The van der Waals surface area contributed by atoms with Crippen LogP contribution in [0.2, 0.25) is 15.1 Å². The van der Waals surface area contributed by atoms with E-state index in [0.29, 0.717) is 23.1 Å². The van der Waals surface area contributed by atoms with Gasteiger partial charge in [0.2, 0.25) is 5.91 Å². The highest BCUT2D eigenvalue weighted by Gasteiger charge is 2.27. The first-order valence-electron chi connectivity index (χ1n) is 8.75. The minimum Gasteiger partial charge on any atom is -0.324 e. The number of carbonyl (C=O) groups excluding carboxylic acids is 1. The molecule has 0 radical (unpaired) electrons. The summed E-state index contributed by atoms with van der Waals surface area (Å²) in [6.45, 7) is 1.93. The number of rotatable bonds is 5. The molecule has 1 heterocycles. The average Bonchev–Trinajstić information content (AvgIpc) is 2.66. The Kier molecular flexibility index (Phi) is 6.78. The Morgan fingerprint density at radius 1 is 1.18 bits per heavy atom. The van der Waals surface area contributed by atoms with Crippen LogP contribution in [0.3, 0.4) is 0 Å². The van der Waals surface area contributed by atoms with Crippen LogP contribution in [0.4, 0.5) is 11.4 Å². The molecule has 0 spiro atoms. The number of amides is 1. The number of nitrogens with zero attached hydrogens (tertiary/aromatic N) is 2. The summed E-state index contributed by atoms with van der Waals surface area (Å²) in [7, 11) is 0. The summed E-state index contributed by atoms with van der Waals surface area (Å²) in [6.07, 6.45) is 1.58. The van der Waals surface area contributed by atoms with Gasteiger partial charge in [0.15, 0.2) is 0 Å².